The molecule has 0 amide bonds. The van der Waals surface area contributed by atoms with E-state index in [0.717, 1.165) is 18.6 Å². The topological polar surface area (TPSA) is 21.3 Å². The summed E-state index contributed by atoms with van der Waals surface area (Å²) in [7, 11) is 3.76. The number of aryl methyl sites for hydroxylation is 2. The van der Waals surface area contributed by atoms with Crippen molar-refractivity contribution in [3.63, 3.8) is 0 Å². The van der Waals surface area contributed by atoms with Gasteiger partial charge in [0.2, 0.25) is 0 Å². The molecule has 0 bridgehead atoms. The number of hydrogen-bond acceptors (Lipinski definition) is 2. The first-order valence-corrected chi connectivity index (χ1v) is 7.48. The highest BCUT2D eigenvalue weighted by Crippen LogP contribution is 2.20. The number of nitrogens with one attached hydrogen (secondary N) is 1. The molecule has 2 rings (SSSR count). The largest absolute Gasteiger partial charge is 0.496 e. The maximum Gasteiger partial charge on any atom is 0.122 e. The van der Waals surface area contributed by atoms with Gasteiger partial charge in [0.25, 0.3) is 0 Å². The summed E-state index contributed by atoms with van der Waals surface area (Å²) in [6, 6.07) is 15.4. The van der Waals surface area contributed by atoms with Crippen LogP contribution >= 0.6 is 0 Å². The van der Waals surface area contributed by atoms with E-state index in [1.807, 2.05) is 19.2 Å². The first kappa shape index (κ1) is 15.6. The van der Waals surface area contributed by atoms with Crippen molar-refractivity contribution in [1.29, 1.82) is 0 Å². The van der Waals surface area contributed by atoms with Crippen molar-refractivity contribution in [2.45, 2.75) is 32.7 Å². The molecule has 1 atom stereocenters. The predicted molar refractivity (Wildman–Crippen MR) is 89.2 cm³/mol. The Morgan fingerprint density at radius 1 is 1.00 bits per heavy atom. The molecule has 1 N–H and O–H groups in total. The molecule has 0 heterocycles. The van der Waals surface area contributed by atoms with Crippen LogP contribution in [-0.4, -0.2) is 20.2 Å². The molecule has 0 spiro atoms. The molecule has 0 aliphatic heterocycles. The molecular formula is C19H25NO. The molecule has 0 saturated heterocycles. The van der Waals surface area contributed by atoms with Gasteiger partial charge in [0.05, 0.1) is 7.11 Å². The average Bonchev–Trinajstić information content (AvgIpc) is 2.46. The minimum atomic E-state index is 0.405. The van der Waals surface area contributed by atoms with Crippen molar-refractivity contribution in [3.8, 4) is 5.75 Å². The Morgan fingerprint density at radius 3 is 2.29 bits per heavy atom. The Balaban J connectivity index is 2.13. The van der Waals surface area contributed by atoms with Crippen LogP contribution in [0.4, 0.5) is 0 Å². The molecule has 1 unspecified atom stereocenters. The highest BCUT2D eigenvalue weighted by atomic mass is 16.5. The van der Waals surface area contributed by atoms with Crippen molar-refractivity contribution in [2.75, 3.05) is 14.2 Å². The van der Waals surface area contributed by atoms with Crippen LogP contribution in [-0.2, 0) is 12.8 Å². The third-order valence-electron chi connectivity index (χ3n) is 3.83. The molecule has 0 fully saturated rings. The summed E-state index contributed by atoms with van der Waals surface area (Å²) in [5.74, 6) is 0.971. The first-order chi connectivity index (χ1) is 10.1. The summed E-state index contributed by atoms with van der Waals surface area (Å²) in [6.07, 6.45) is 1.99. The lowest BCUT2D eigenvalue weighted by Crippen LogP contribution is -2.30. The van der Waals surface area contributed by atoms with Crippen LogP contribution in [0.5, 0.6) is 5.75 Å². The maximum absolute atomic E-state index is 5.45. The lowest BCUT2D eigenvalue weighted by Gasteiger charge is -2.18. The van der Waals surface area contributed by atoms with Crippen LogP contribution in [0.15, 0.2) is 42.5 Å². The molecule has 0 aliphatic carbocycles. The maximum atomic E-state index is 5.45. The fourth-order valence-corrected chi connectivity index (χ4v) is 2.88. The summed E-state index contributed by atoms with van der Waals surface area (Å²) in [4.78, 5) is 0. The van der Waals surface area contributed by atoms with Gasteiger partial charge >= 0.3 is 0 Å². The molecular weight excluding hydrogens is 258 g/mol. The van der Waals surface area contributed by atoms with Gasteiger partial charge < -0.3 is 10.1 Å². The zero-order chi connectivity index (χ0) is 15.2. The van der Waals surface area contributed by atoms with Crippen LogP contribution in [0.3, 0.4) is 0 Å². The zero-order valence-electron chi connectivity index (χ0n) is 13.4. The minimum absolute atomic E-state index is 0.405. The summed E-state index contributed by atoms with van der Waals surface area (Å²) < 4.78 is 5.45. The van der Waals surface area contributed by atoms with Crippen LogP contribution in [0.1, 0.15) is 22.3 Å². The summed E-state index contributed by atoms with van der Waals surface area (Å²) in [5, 5.41) is 3.43. The van der Waals surface area contributed by atoms with Crippen LogP contribution in [0, 0.1) is 13.8 Å². The normalized spacial score (nSPS) is 12.2. The Hall–Kier alpha value is -1.80. The number of ether oxygens (including phenoxy) is 1. The molecule has 2 heteroatoms. The van der Waals surface area contributed by atoms with E-state index in [1.165, 1.54) is 22.3 Å². The van der Waals surface area contributed by atoms with Gasteiger partial charge in [-0.3, -0.25) is 0 Å². The lowest BCUT2D eigenvalue weighted by atomic mass is 9.96. The zero-order valence-corrected chi connectivity index (χ0v) is 13.4. The van der Waals surface area contributed by atoms with E-state index < -0.39 is 0 Å². The third-order valence-corrected chi connectivity index (χ3v) is 3.83. The Bertz CT molecular complexity index is 572. The second kappa shape index (κ2) is 7.28. The van der Waals surface area contributed by atoms with E-state index in [0.29, 0.717) is 6.04 Å². The van der Waals surface area contributed by atoms with Crippen molar-refractivity contribution >= 4 is 0 Å². The molecule has 2 nitrogen and oxygen atoms in total. The van der Waals surface area contributed by atoms with Gasteiger partial charge in [0.1, 0.15) is 5.75 Å². The predicted octanol–water partition coefficient (Wildman–Crippen LogP) is 3.69. The number of rotatable bonds is 6. The van der Waals surface area contributed by atoms with Gasteiger partial charge in [-0.2, -0.15) is 0 Å². The number of para-hydroxylation sites is 1. The second-order valence-electron chi connectivity index (χ2n) is 5.70. The van der Waals surface area contributed by atoms with E-state index in [4.69, 9.17) is 4.74 Å². The van der Waals surface area contributed by atoms with Crippen molar-refractivity contribution in [1.82, 2.24) is 5.32 Å². The number of hydrogen-bond donors (Lipinski definition) is 1. The lowest BCUT2D eigenvalue weighted by molar-refractivity contribution is 0.406. The van der Waals surface area contributed by atoms with Gasteiger partial charge in [-0.05, 0) is 50.9 Å². The Morgan fingerprint density at radius 2 is 1.67 bits per heavy atom. The van der Waals surface area contributed by atoms with E-state index in [1.54, 1.807) is 7.11 Å². The molecule has 0 aliphatic rings. The minimum Gasteiger partial charge on any atom is -0.496 e. The highest BCUT2D eigenvalue weighted by molar-refractivity contribution is 5.34. The average molecular weight is 283 g/mol. The van der Waals surface area contributed by atoms with Crippen molar-refractivity contribution in [3.05, 3.63) is 64.7 Å². The van der Waals surface area contributed by atoms with Gasteiger partial charge in [-0.25, -0.2) is 0 Å². The second-order valence-corrected chi connectivity index (χ2v) is 5.70. The smallest absolute Gasteiger partial charge is 0.122 e. The molecule has 21 heavy (non-hydrogen) atoms. The fourth-order valence-electron chi connectivity index (χ4n) is 2.88. The van der Waals surface area contributed by atoms with Crippen LogP contribution < -0.4 is 10.1 Å². The third kappa shape index (κ3) is 4.33. The van der Waals surface area contributed by atoms with Gasteiger partial charge in [-0.15, -0.1) is 0 Å². The van der Waals surface area contributed by atoms with Crippen LogP contribution in [0.2, 0.25) is 0 Å². The van der Waals surface area contributed by atoms with E-state index in [9.17, 15) is 0 Å². The van der Waals surface area contributed by atoms with E-state index in [-0.39, 0.29) is 0 Å². The van der Waals surface area contributed by atoms with E-state index in [2.05, 4.69) is 49.5 Å². The standard InChI is InChI=1S/C19H25NO/c1-14-9-15(2)11-16(10-14)12-18(20-3)13-17-7-5-6-8-19(17)21-4/h5-11,18,20H,12-13H2,1-4H3. The monoisotopic (exact) mass is 283 g/mol. The van der Waals surface area contributed by atoms with Crippen molar-refractivity contribution < 1.29 is 4.74 Å². The fraction of sp³-hybridized carbons (Fsp3) is 0.368. The first-order valence-electron chi connectivity index (χ1n) is 7.48. The quantitative estimate of drug-likeness (QED) is 0.873. The van der Waals surface area contributed by atoms with Gasteiger partial charge in [-0.1, -0.05) is 47.5 Å². The molecule has 0 aromatic heterocycles. The molecule has 2 aromatic rings. The molecule has 2 aromatic carbocycles. The highest BCUT2D eigenvalue weighted by Gasteiger charge is 2.12. The molecule has 0 saturated carbocycles. The number of benzene rings is 2. The molecule has 112 valence electrons. The van der Waals surface area contributed by atoms with Crippen molar-refractivity contribution in [2.24, 2.45) is 0 Å². The van der Waals surface area contributed by atoms with Gasteiger partial charge in [0.15, 0.2) is 0 Å². The number of likely N-dealkylation sites (N-methyl/N-ethyl adjacent to an activating group) is 1. The van der Waals surface area contributed by atoms with Crippen LogP contribution in [0.25, 0.3) is 0 Å². The summed E-state index contributed by atoms with van der Waals surface area (Å²) >= 11 is 0. The van der Waals surface area contributed by atoms with E-state index >= 15 is 0 Å². The van der Waals surface area contributed by atoms with Gasteiger partial charge in [0, 0.05) is 6.04 Å². The molecule has 0 radical (unpaired) electrons. The summed E-state index contributed by atoms with van der Waals surface area (Å²) in [5.41, 5.74) is 5.31. The Kier molecular flexibility index (Phi) is 5.40. The SMILES string of the molecule is CNC(Cc1cc(C)cc(C)c1)Cc1ccccc1OC. The summed E-state index contributed by atoms with van der Waals surface area (Å²) in [6.45, 7) is 4.32. The number of methoxy groups -OCH3 is 1. The Labute approximate surface area is 128 Å².